The second kappa shape index (κ2) is 7.84. The molecule has 0 saturated carbocycles. The molecule has 0 spiro atoms. The second-order valence-corrected chi connectivity index (χ2v) is 10.4. The molecule has 160 valence electrons. The lowest BCUT2D eigenvalue weighted by atomic mass is 9.90. The second-order valence-electron chi connectivity index (χ2n) is 9.37. The Morgan fingerprint density at radius 2 is 1.74 bits per heavy atom. The standard InChI is InChI=1S/C25H27N3O2S/c1-15-4-9-20-22(11-15)31-24(26-20)18-5-7-19(8-6-18)28-23(29)12-21(25(28)30)27-13-16(2)10-17(3)14-27/h4-9,11,16-17,21H,10,12-14H2,1-3H3/p+1/t16-,17-,21+/m0/s1. The Bertz CT molecular complexity index is 1140. The lowest BCUT2D eigenvalue weighted by Gasteiger charge is -2.34. The molecule has 3 heterocycles. The van der Waals surface area contributed by atoms with E-state index in [2.05, 4.69) is 32.9 Å². The van der Waals surface area contributed by atoms with Crippen molar-refractivity contribution in [2.24, 2.45) is 11.8 Å². The molecule has 5 nitrogen and oxygen atoms in total. The fraction of sp³-hybridized carbons (Fsp3) is 0.400. The number of quaternary nitrogens is 1. The van der Waals surface area contributed by atoms with Crippen LogP contribution in [-0.2, 0) is 9.59 Å². The maximum Gasteiger partial charge on any atom is 0.292 e. The van der Waals surface area contributed by atoms with Crippen LogP contribution in [0.5, 0.6) is 0 Å². The van der Waals surface area contributed by atoms with Crippen LogP contribution < -0.4 is 9.80 Å². The van der Waals surface area contributed by atoms with Crippen LogP contribution in [0.1, 0.15) is 32.3 Å². The summed E-state index contributed by atoms with van der Waals surface area (Å²) < 4.78 is 1.17. The van der Waals surface area contributed by atoms with Gasteiger partial charge < -0.3 is 4.90 Å². The monoisotopic (exact) mass is 434 g/mol. The number of anilines is 1. The summed E-state index contributed by atoms with van der Waals surface area (Å²) >= 11 is 1.66. The van der Waals surface area contributed by atoms with Gasteiger partial charge >= 0.3 is 0 Å². The highest BCUT2D eigenvalue weighted by Crippen LogP contribution is 2.32. The molecule has 5 rings (SSSR count). The maximum absolute atomic E-state index is 13.2. The van der Waals surface area contributed by atoms with Gasteiger partial charge in [0.2, 0.25) is 5.91 Å². The van der Waals surface area contributed by atoms with E-state index in [9.17, 15) is 9.59 Å². The van der Waals surface area contributed by atoms with Gasteiger partial charge in [-0.05, 0) is 55.3 Å². The number of fused-ring (bicyclic) bond motifs is 1. The number of nitrogens with one attached hydrogen (secondary N) is 1. The highest BCUT2D eigenvalue weighted by Gasteiger charge is 2.47. The van der Waals surface area contributed by atoms with Crippen molar-refractivity contribution < 1.29 is 14.5 Å². The SMILES string of the molecule is Cc1ccc2nc(-c3ccc(N4C(=O)C[C@@H]([NH+]5C[C@@H](C)C[C@H](C)C5)C4=O)cc3)sc2c1. The van der Waals surface area contributed by atoms with Crippen LogP contribution in [0.15, 0.2) is 42.5 Å². The molecule has 0 bridgehead atoms. The van der Waals surface area contributed by atoms with Gasteiger partial charge in [-0.15, -0.1) is 11.3 Å². The van der Waals surface area contributed by atoms with E-state index in [1.54, 1.807) is 11.3 Å². The van der Waals surface area contributed by atoms with E-state index in [4.69, 9.17) is 4.98 Å². The van der Waals surface area contributed by atoms with Crippen LogP contribution in [0, 0.1) is 18.8 Å². The van der Waals surface area contributed by atoms with Gasteiger partial charge in [-0.2, -0.15) is 0 Å². The fourth-order valence-electron chi connectivity index (χ4n) is 5.25. The summed E-state index contributed by atoms with van der Waals surface area (Å²) in [5.41, 5.74) is 3.88. The molecule has 0 unspecified atom stereocenters. The van der Waals surface area contributed by atoms with Crippen LogP contribution in [0.4, 0.5) is 5.69 Å². The number of piperidine rings is 1. The Labute approximate surface area is 186 Å². The highest BCUT2D eigenvalue weighted by molar-refractivity contribution is 7.21. The first-order valence-electron chi connectivity index (χ1n) is 11.1. The van der Waals surface area contributed by atoms with E-state index < -0.39 is 0 Å². The lowest BCUT2D eigenvalue weighted by Crippen LogP contribution is -3.18. The van der Waals surface area contributed by atoms with Gasteiger partial charge in [0.1, 0.15) is 5.01 Å². The summed E-state index contributed by atoms with van der Waals surface area (Å²) in [5, 5.41) is 0.949. The zero-order valence-electron chi connectivity index (χ0n) is 18.2. The van der Waals surface area contributed by atoms with E-state index in [1.807, 2.05) is 30.3 Å². The summed E-state index contributed by atoms with van der Waals surface area (Å²) in [6, 6.07) is 13.7. The molecule has 2 fully saturated rings. The number of aryl methyl sites for hydroxylation is 1. The molecule has 0 radical (unpaired) electrons. The topological polar surface area (TPSA) is 54.7 Å². The summed E-state index contributed by atoms with van der Waals surface area (Å²) in [4.78, 5) is 33.4. The van der Waals surface area contributed by atoms with E-state index in [1.165, 1.54) is 26.5 Å². The molecule has 3 atom stereocenters. The van der Waals surface area contributed by atoms with Gasteiger partial charge in [-0.3, -0.25) is 9.59 Å². The normalized spacial score (nSPS) is 26.7. The fourth-order valence-corrected chi connectivity index (χ4v) is 6.32. The Morgan fingerprint density at radius 3 is 2.45 bits per heavy atom. The van der Waals surface area contributed by atoms with E-state index in [0.717, 1.165) is 29.2 Å². The summed E-state index contributed by atoms with van der Waals surface area (Å²) in [5.74, 6) is 1.04. The molecular formula is C25H28N3O2S+. The zero-order chi connectivity index (χ0) is 21.7. The highest BCUT2D eigenvalue weighted by atomic mass is 32.1. The first kappa shape index (κ1) is 20.3. The Kier molecular flexibility index (Phi) is 5.15. The molecule has 2 aromatic carbocycles. The van der Waals surface area contributed by atoms with Gasteiger partial charge in [-0.25, -0.2) is 9.88 Å². The van der Waals surface area contributed by atoms with Crippen molar-refractivity contribution in [3.8, 4) is 10.6 Å². The van der Waals surface area contributed by atoms with Crippen molar-refractivity contribution in [3.63, 3.8) is 0 Å². The molecule has 6 heteroatoms. The summed E-state index contributed by atoms with van der Waals surface area (Å²) in [6.07, 6.45) is 1.52. The Balaban J connectivity index is 1.37. The van der Waals surface area contributed by atoms with Crippen LogP contribution in [0.3, 0.4) is 0 Å². The van der Waals surface area contributed by atoms with Crippen molar-refractivity contribution in [2.45, 2.75) is 39.7 Å². The number of carbonyl (C=O) groups excluding carboxylic acids is 2. The zero-order valence-corrected chi connectivity index (χ0v) is 19.0. The molecule has 2 aliphatic heterocycles. The molecule has 2 saturated heterocycles. The van der Waals surface area contributed by atoms with E-state index >= 15 is 0 Å². The first-order valence-corrected chi connectivity index (χ1v) is 11.9. The van der Waals surface area contributed by atoms with Crippen LogP contribution in [-0.4, -0.2) is 35.9 Å². The van der Waals surface area contributed by atoms with Crippen molar-refractivity contribution in [1.29, 1.82) is 0 Å². The number of rotatable bonds is 3. The molecule has 31 heavy (non-hydrogen) atoms. The number of amides is 2. The van der Waals surface area contributed by atoms with E-state index in [0.29, 0.717) is 23.9 Å². The predicted molar refractivity (Wildman–Crippen MR) is 124 cm³/mol. The minimum Gasteiger partial charge on any atom is -0.324 e. The van der Waals surface area contributed by atoms with Gasteiger partial charge in [-0.1, -0.05) is 19.9 Å². The first-order chi connectivity index (χ1) is 14.9. The molecular weight excluding hydrogens is 406 g/mol. The van der Waals surface area contributed by atoms with Gasteiger partial charge in [0.05, 0.1) is 35.4 Å². The number of carbonyl (C=O) groups is 2. The summed E-state index contributed by atoms with van der Waals surface area (Å²) in [7, 11) is 0. The number of aromatic nitrogens is 1. The third kappa shape index (κ3) is 3.79. The Morgan fingerprint density at radius 1 is 1.03 bits per heavy atom. The lowest BCUT2D eigenvalue weighted by molar-refractivity contribution is -0.926. The third-order valence-electron chi connectivity index (χ3n) is 6.58. The molecule has 0 aliphatic carbocycles. The Hall–Kier alpha value is -2.57. The van der Waals surface area contributed by atoms with Crippen LogP contribution in [0.2, 0.25) is 0 Å². The summed E-state index contributed by atoms with van der Waals surface area (Å²) in [6.45, 7) is 8.52. The van der Waals surface area contributed by atoms with Gasteiger partial charge in [0.25, 0.3) is 5.91 Å². The number of likely N-dealkylation sites (tertiary alicyclic amines) is 1. The smallest absolute Gasteiger partial charge is 0.292 e. The largest absolute Gasteiger partial charge is 0.324 e. The molecule has 1 aromatic heterocycles. The number of thiazole rings is 1. The number of benzene rings is 2. The molecule has 2 aliphatic rings. The number of imide groups is 1. The van der Waals surface area contributed by atoms with Crippen molar-refractivity contribution >= 4 is 39.1 Å². The van der Waals surface area contributed by atoms with Gasteiger partial charge in [0, 0.05) is 17.4 Å². The van der Waals surface area contributed by atoms with Crippen molar-refractivity contribution in [1.82, 2.24) is 4.98 Å². The number of hydrogen-bond donors (Lipinski definition) is 1. The van der Waals surface area contributed by atoms with Crippen LogP contribution in [0.25, 0.3) is 20.8 Å². The predicted octanol–water partition coefficient (Wildman–Crippen LogP) is 3.46. The quantitative estimate of drug-likeness (QED) is 0.643. The molecule has 1 N–H and O–H groups in total. The molecule has 2 amide bonds. The van der Waals surface area contributed by atoms with E-state index in [-0.39, 0.29) is 17.9 Å². The minimum absolute atomic E-state index is 0.0514. The molecule has 3 aromatic rings. The van der Waals surface area contributed by atoms with Crippen LogP contribution >= 0.6 is 11.3 Å². The number of hydrogen-bond acceptors (Lipinski definition) is 4. The van der Waals surface area contributed by atoms with Crippen molar-refractivity contribution in [2.75, 3.05) is 18.0 Å². The third-order valence-corrected chi connectivity index (χ3v) is 7.65. The average Bonchev–Trinajstić information content (AvgIpc) is 3.27. The maximum atomic E-state index is 13.2. The minimum atomic E-state index is -0.245. The number of nitrogens with zero attached hydrogens (tertiary/aromatic N) is 2. The van der Waals surface area contributed by atoms with Crippen molar-refractivity contribution in [3.05, 3.63) is 48.0 Å². The average molecular weight is 435 g/mol. The van der Waals surface area contributed by atoms with Gasteiger partial charge in [0.15, 0.2) is 6.04 Å².